The van der Waals surface area contributed by atoms with Gasteiger partial charge in [-0.3, -0.25) is 0 Å². The maximum absolute atomic E-state index is 13.4. The van der Waals surface area contributed by atoms with Crippen molar-refractivity contribution in [3.63, 3.8) is 0 Å². The molecular formula is C11H14F2N2S. The van der Waals surface area contributed by atoms with Crippen LogP contribution in [0.2, 0.25) is 0 Å². The van der Waals surface area contributed by atoms with E-state index in [-0.39, 0.29) is 22.4 Å². The molecule has 1 rings (SSSR count). The Kier molecular flexibility index (Phi) is 4.18. The molecule has 0 spiro atoms. The Morgan fingerprint density at radius 2 is 1.88 bits per heavy atom. The van der Waals surface area contributed by atoms with Crippen LogP contribution in [0.3, 0.4) is 0 Å². The molecule has 0 aliphatic carbocycles. The number of benzene rings is 1. The summed E-state index contributed by atoms with van der Waals surface area (Å²) in [5.41, 5.74) is 0.312. The van der Waals surface area contributed by atoms with Gasteiger partial charge in [0.15, 0.2) is 5.11 Å². The summed E-state index contributed by atoms with van der Waals surface area (Å²) in [4.78, 5) is 0. The zero-order valence-corrected chi connectivity index (χ0v) is 10.2. The number of rotatable bonds is 2. The van der Waals surface area contributed by atoms with Crippen LogP contribution < -0.4 is 10.6 Å². The predicted octanol–water partition coefficient (Wildman–Crippen LogP) is 2.97. The van der Waals surface area contributed by atoms with E-state index < -0.39 is 11.6 Å². The van der Waals surface area contributed by atoms with E-state index in [0.29, 0.717) is 0 Å². The van der Waals surface area contributed by atoms with Crippen molar-refractivity contribution in [1.82, 2.24) is 5.32 Å². The molecule has 0 bridgehead atoms. The largest absolute Gasteiger partial charge is 0.360 e. The minimum Gasteiger partial charge on any atom is -0.360 e. The first-order valence-electron chi connectivity index (χ1n) is 4.93. The third kappa shape index (κ3) is 3.41. The average molecular weight is 244 g/mol. The summed E-state index contributed by atoms with van der Waals surface area (Å²) >= 11 is 4.94. The van der Waals surface area contributed by atoms with Crippen LogP contribution in [-0.2, 0) is 0 Å². The van der Waals surface area contributed by atoms with Gasteiger partial charge in [0.05, 0.1) is 5.69 Å². The monoisotopic (exact) mass is 244 g/mol. The van der Waals surface area contributed by atoms with E-state index in [0.717, 1.165) is 12.1 Å². The lowest BCUT2D eigenvalue weighted by Gasteiger charge is -2.14. The lowest BCUT2D eigenvalue weighted by Crippen LogP contribution is -2.34. The molecule has 0 atom stereocenters. The van der Waals surface area contributed by atoms with Crippen LogP contribution in [0.4, 0.5) is 14.5 Å². The second-order valence-electron chi connectivity index (χ2n) is 3.83. The van der Waals surface area contributed by atoms with Crippen molar-refractivity contribution in [1.29, 1.82) is 0 Å². The molecule has 0 aliphatic heterocycles. The Bertz CT molecular complexity index is 405. The van der Waals surface area contributed by atoms with Gasteiger partial charge in [-0.05, 0) is 44.6 Å². The van der Waals surface area contributed by atoms with Gasteiger partial charge in [-0.2, -0.15) is 0 Å². The van der Waals surface area contributed by atoms with E-state index in [9.17, 15) is 8.78 Å². The molecule has 0 radical (unpaired) electrons. The van der Waals surface area contributed by atoms with E-state index in [1.807, 2.05) is 13.8 Å². The first-order chi connectivity index (χ1) is 7.40. The third-order valence-corrected chi connectivity index (χ3v) is 2.14. The van der Waals surface area contributed by atoms with Gasteiger partial charge in [0.1, 0.15) is 11.6 Å². The topological polar surface area (TPSA) is 24.1 Å². The van der Waals surface area contributed by atoms with E-state index in [4.69, 9.17) is 12.2 Å². The number of aryl methyl sites for hydroxylation is 1. The molecule has 1 aromatic carbocycles. The fourth-order valence-electron chi connectivity index (χ4n) is 1.16. The number of thiocarbonyl (C=S) groups is 1. The summed E-state index contributed by atoms with van der Waals surface area (Å²) in [5, 5.41) is 5.77. The highest BCUT2D eigenvalue weighted by Gasteiger charge is 2.08. The molecule has 0 amide bonds. The van der Waals surface area contributed by atoms with E-state index in [2.05, 4.69) is 10.6 Å². The zero-order valence-electron chi connectivity index (χ0n) is 9.40. The van der Waals surface area contributed by atoms with Crippen LogP contribution in [0.15, 0.2) is 12.1 Å². The van der Waals surface area contributed by atoms with Crippen molar-refractivity contribution in [3.8, 4) is 0 Å². The van der Waals surface area contributed by atoms with Crippen molar-refractivity contribution in [2.45, 2.75) is 26.8 Å². The molecule has 0 heterocycles. The molecule has 88 valence electrons. The van der Waals surface area contributed by atoms with Gasteiger partial charge in [-0.15, -0.1) is 0 Å². The maximum Gasteiger partial charge on any atom is 0.171 e. The zero-order chi connectivity index (χ0) is 12.3. The highest BCUT2D eigenvalue weighted by Crippen LogP contribution is 2.18. The Morgan fingerprint density at radius 1 is 1.25 bits per heavy atom. The van der Waals surface area contributed by atoms with Gasteiger partial charge < -0.3 is 10.6 Å². The van der Waals surface area contributed by atoms with Crippen molar-refractivity contribution in [2.75, 3.05) is 5.32 Å². The van der Waals surface area contributed by atoms with Crippen LogP contribution in [0.5, 0.6) is 0 Å². The predicted molar refractivity (Wildman–Crippen MR) is 65.6 cm³/mol. The third-order valence-electron chi connectivity index (χ3n) is 1.92. The summed E-state index contributed by atoms with van der Waals surface area (Å²) in [7, 11) is 0. The summed E-state index contributed by atoms with van der Waals surface area (Å²) in [5.74, 6) is -0.983. The molecule has 2 nitrogen and oxygen atoms in total. The summed E-state index contributed by atoms with van der Waals surface area (Å²) in [6.45, 7) is 5.31. The minimum atomic E-state index is -0.521. The Labute approximate surface area is 99.0 Å². The van der Waals surface area contributed by atoms with Gasteiger partial charge in [0, 0.05) is 12.1 Å². The van der Waals surface area contributed by atoms with Crippen LogP contribution >= 0.6 is 12.2 Å². The molecule has 0 aliphatic rings. The van der Waals surface area contributed by atoms with Crippen LogP contribution in [0.1, 0.15) is 19.4 Å². The lowest BCUT2D eigenvalue weighted by molar-refractivity contribution is 0.595. The van der Waals surface area contributed by atoms with Gasteiger partial charge in [0.25, 0.3) is 0 Å². The Morgan fingerprint density at radius 3 is 2.44 bits per heavy atom. The molecule has 2 N–H and O–H groups in total. The van der Waals surface area contributed by atoms with Gasteiger partial charge in [-0.25, -0.2) is 8.78 Å². The number of nitrogens with one attached hydrogen (secondary N) is 2. The van der Waals surface area contributed by atoms with Crippen LogP contribution in [-0.4, -0.2) is 11.2 Å². The van der Waals surface area contributed by atoms with Crippen molar-refractivity contribution >= 4 is 23.0 Å². The number of hydrogen-bond donors (Lipinski definition) is 2. The van der Waals surface area contributed by atoms with Crippen molar-refractivity contribution in [3.05, 3.63) is 29.3 Å². The number of hydrogen-bond acceptors (Lipinski definition) is 1. The summed E-state index contributed by atoms with van der Waals surface area (Å²) in [6.07, 6.45) is 0. The van der Waals surface area contributed by atoms with Crippen LogP contribution in [0, 0.1) is 18.6 Å². The molecule has 0 saturated carbocycles. The number of halogens is 2. The molecule has 16 heavy (non-hydrogen) atoms. The summed E-state index contributed by atoms with van der Waals surface area (Å²) < 4.78 is 26.6. The molecule has 0 aromatic heterocycles. The quantitative estimate of drug-likeness (QED) is 0.782. The standard InChI is InChI=1S/C11H14F2N2S/c1-6(2)14-11(16)15-10-5-8(12)7(3)4-9(10)13/h4-6H,1-3H3,(H2,14,15,16). The molecule has 0 unspecified atom stereocenters. The first-order valence-corrected chi connectivity index (χ1v) is 5.34. The SMILES string of the molecule is Cc1cc(F)c(NC(=S)NC(C)C)cc1F. The van der Waals surface area contributed by atoms with Crippen LogP contribution in [0.25, 0.3) is 0 Å². The van der Waals surface area contributed by atoms with Crippen molar-refractivity contribution < 1.29 is 8.78 Å². The van der Waals surface area contributed by atoms with E-state index in [1.165, 1.54) is 6.92 Å². The van der Waals surface area contributed by atoms with Gasteiger partial charge >= 0.3 is 0 Å². The molecule has 0 saturated heterocycles. The molecule has 5 heteroatoms. The molecule has 0 fully saturated rings. The Balaban J connectivity index is 2.81. The maximum atomic E-state index is 13.4. The smallest absolute Gasteiger partial charge is 0.171 e. The lowest BCUT2D eigenvalue weighted by atomic mass is 10.2. The highest BCUT2D eigenvalue weighted by atomic mass is 32.1. The fourth-order valence-corrected chi connectivity index (χ4v) is 1.51. The summed E-state index contributed by atoms with van der Waals surface area (Å²) in [6, 6.07) is 2.37. The second kappa shape index (κ2) is 5.21. The van der Waals surface area contributed by atoms with Gasteiger partial charge in [-0.1, -0.05) is 0 Å². The number of anilines is 1. The highest BCUT2D eigenvalue weighted by molar-refractivity contribution is 7.80. The first kappa shape index (κ1) is 12.8. The second-order valence-corrected chi connectivity index (χ2v) is 4.24. The van der Waals surface area contributed by atoms with E-state index in [1.54, 1.807) is 0 Å². The molecular weight excluding hydrogens is 230 g/mol. The minimum absolute atomic E-state index is 0.0428. The Hall–Kier alpha value is -1.23. The normalized spacial score (nSPS) is 10.4. The average Bonchev–Trinajstić information content (AvgIpc) is 2.12. The molecule has 1 aromatic rings. The van der Waals surface area contributed by atoms with Crippen molar-refractivity contribution in [2.24, 2.45) is 0 Å². The van der Waals surface area contributed by atoms with E-state index >= 15 is 0 Å². The fraction of sp³-hybridized carbons (Fsp3) is 0.364. The van der Waals surface area contributed by atoms with Gasteiger partial charge in [0.2, 0.25) is 0 Å².